The maximum absolute atomic E-state index is 14.3. The number of benzene rings is 2. The number of ether oxygens (including phenoxy) is 1. The van der Waals surface area contributed by atoms with Crippen LogP contribution in [0.2, 0.25) is 0 Å². The summed E-state index contributed by atoms with van der Waals surface area (Å²) in [5.74, 6) is -0.674. The van der Waals surface area contributed by atoms with Crippen molar-refractivity contribution in [3.63, 3.8) is 0 Å². The number of oxime groups is 1. The van der Waals surface area contributed by atoms with Gasteiger partial charge in [-0.3, -0.25) is 4.79 Å². The fraction of sp³-hybridized carbons (Fsp3) is 0.500. The largest absolute Gasteiger partial charge is 0.411 e. The number of aliphatic hydroxyl groups is 1. The third-order valence-corrected chi connectivity index (χ3v) is 11.6. The smallest absolute Gasteiger partial charge is 0.321 e. The van der Waals surface area contributed by atoms with Gasteiger partial charge in [-0.15, -0.1) is 11.3 Å². The molecule has 0 bridgehead atoms. The van der Waals surface area contributed by atoms with E-state index in [0.717, 1.165) is 16.3 Å². The zero-order chi connectivity index (χ0) is 37.1. The van der Waals surface area contributed by atoms with Crippen LogP contribution in [0.3, 0.4) is 0 Å². The van der Waals surface area contributed by atoms with Gasteiger partial charge in [-0.05, 0) is 41.5 Å². The van der Waals surface area contributed by atoms with Crippen LogP contribution in [0.1, 0.15) is 55.9 Å². The molecule has 1 saturated heterocycles. The number of urea groups is 1. The molecule has 0 unspecified atom stereocenters. The molecule has 1 aliphatic heterocycles. The Bertz CT molecular complexity index is 1700. The highest BCUT2D eigenvalue weighted by atomic mass is 32.2. The fourth-order valence-corrected chi connectivity index (χ4v) is 8.50. The molecule has 1 aromatic heterocycles. The minimum atomic E-state index is -4.06. The Balaban J connectivity index is 1.57. The summed E-state index contributed by atoms with van der Waals surface area (Å²) in [5, 5.41) is 29.4. The van der Waals surface area contributed by atoms with E-state index in [1.54, 1.807) is 16.9 Å². The molecular formula is C36H50N6O7S2. The Kier molecular flexibility index (Phi) is 14.5. The van der Waals surface area contributed by atoms with E-state index in [1.807, 2.05) is 63.4 Å². The maximum Gasteiger partial charge on any atom is 0.321 e. The van der Waals surface area contributed by atoms with Crippen LogP contribution >= 0.6 is 11.3 Å². The third-order valence-electron chi connectivity index (χ3n) is 8.91. The first-order chi connectivity index (χ1) is 24.4. The van der Waals surface area contributed by atoms with E-state index in [1.165, 1.54) is 46.1 Å². The minimum Gasteiger partial charge on any atom is -0.411 e. The summed E-state index contributed by atoms with van der Waals surface area (Å²) in [6.07, 6.45) is 0.767. The van der Waals surface area contributed by atoms with Crippen molar-refractivity contribution in [2.45, 2.75) is 76.8 Å². The summed E-state index contributed by atoms with van der Waals surface area (Å²) in [6.45, 7) is 9.01. The van der Waals surface area contributed by atoms with E-state index in [9.17, 15) is 23.1 Å². The second kappa shape index (κ2) is 18.6. The Morgan fingerprint density at radius 1 is 1.12 bits per heavy atom. The predicted molar refractivity (Wildman–Crippen MR) is 196 cm³/mol. The van der Waals surface area contributed by atoms with Gasteiger partial charge < -0.3 is 30.2 Å². The monoisotopic (exact) mass is 742 g/mol. The van der Waals surface area contributed by atoms with E-state index in [2.05, 4.69) is 15.5 Å². The van der Waals surface area contributed by atoms with Crippen LogP contribution < -0.4 is 5.32 Å². The highest BCUT2D eigenvalue weighted by molar-refractivity contribution is 7.89. The van der Waals surface area contributed by atoms with Gasteiger partial charge in [0.05, 0.1) is 42.1 Å². The lowest BCUT2D eigenvalue weighted by atomic mass is 9.95. The molecule has 0 saturated carbocycles. The van der Waals surface area contributed by atoms with Gasteiger partial charge in [0.1, 0.15) is 11.0 Å². The van der Waals surface area contributed by atoms with Crippen molar-refractivity contribution < 1.29 is 33.1 Å². The Labute approximate surface area is 305 Å². The Morgan fingerprint density at radius 2 is 1.82 bits per heavy atom. The molecule has 3 N–H and O–H groups in total. The summed E-state index contributed by atoms with van der Waals surface area (Å²) in [6, 6.07) is 13.3. The number of aromatic nitrogens is 1. The summed E-state index contributed by atoms with van der Waals surface area (Å²) in [5.41, 5.74) is 2.13. The van der Waals surface area contributed by atoms with E-state index in [4.69, 9.17) is 9.94 Å². The van der Waals surface area contributed by atoms with Crippen molar-refractivity contribution in [2.75, 3.05) is 33.3 Å². The number of methoxy groups -OCH3 is 1. The van der Waals surface area contributed by atoms with Crippen LogP contribution in [0.25, 0.3) is 0 Å². The van der Waals surface area contributed by atoms with Gasteiger partial charge in [0, 0.05) is 38.7 Å². The molecule has 278 valence electrons. The molecule has 0 spiro atoms. The van der Waals surface area contributed by atoms with E-state index < -0.39 is 34.1 Å². The molecular weight excluding hydrogens is 693 g/mol. The normalized spacial score (nSPS) is 16.3. The van der Waals surface area contributed by atoms with Gasteiger partial charge >= 0.3 is 6.03 Å². The first-order valence-corrected chi connectivity index (χ1v) is 19.5. The molecule has 0 radical (unpaired) electrons. The molecule has 3 amide bonds. The molecule has 1 aliphatic rings. The third kappa shape index (κ3) is 10.6. The second-order valence-corrected chi connectivity index (χ2v) is 16.2. The van der Waals surface area contributed by atoms with Crippen LogP contribution in [0, 0.1) is 11.8 Å². The number of carbonyl (C=O) groups is 2. The molecule has 4 rings (SSSR count). The summed E-state index contributed by atoms with van der Waals surface area (Å²) >= 11 is 1.47. The van der Waals surface area contributed by atoms with E-state index in [-0.39, 0.29) is 42.3 Å². The average Bonchev–Trinajstić information content (AvgIpc) is 3.70. The molecule has 51 heavy (non-hydrogen) atoms. The molecule has 3 aromatic rings. The van der Waals surface area contributed by atoms with Gasteiger partial charge in [0.15, 0.2) is 0 Å². The quantitative estimate of drug-likeness (QED) is 0.0936. The van der Waals surface area contributed by atoms with Gasteiger partial charge in [-0.2, -0.15) is 4.31 Å². The van der Waals surface area contributed by atoms with Crippen molar-refractivity contribution in [1.82, 2.24) is 24.4 Å². The average molecular weight is 743 g/mol. The molecule has 0 aliphatic carbocycles. The number of hydrogen-bond donors (Lipinski definition) is 3. The molecule has 4 atom stereocenters. The zero-order valence-electron chi connectivity index (χ0n) is 29.9. The Morgan fingerprint density at radius 3 is 2.45 bits per heavy atom. The van der Waals surface area contributed by atoms with Crippen molar-refractivity contribution in [3.8, 4) is 0 Å². The number of carbonyl (C=O) groups excluding carboxylic acids is 2. The molecule has 1 fully saturated rings. The summed E-state index contributed by atoms with van der Waals surface area (Å²) < 4.78 is 34.2. The molecule has 2 heterocycles. The van der Waals surface area contributed by atoms with Crippen LogP contribution in [0.5, 0.6) is 0 Å². The number of sulfonamides is 1. The van der Waals surface area contributed by atoms with Crippen LogP contribution in [0.4, 0.5) is 4.79 Å². The lowest BCUT2D eigenvalue weighted by molar-refractivity contribution is -0.128. The fourth-order valence-electron chi connectivity index (χ4n) is 6.12. The Hall–Kier alpha value is -3.89. The zero-order valence-corrected chi connectivity index (χ0v) is 31.5. The highest BCUT2D eigenvalue weighted by Gasteiger charge is 2.41. The standard InChI is InChI=1S/C36H50N6O7S2/c1-6-26(4)34(42-17-16-40(36(42)45)21-29-24-50-33(38-29)23-49-5)35(44)39-31(18-27-10-8-7-9-11-27)32(43)22-41(20-25(2)3)51(47,48)30-14-12-28(13-15-30)19-37-46/h7-15,19,24-26,31-32,34,43,46H,6,16-18,20-23H2,1-5H3,(H,39,44)/b37-19+/t26-,31-,32+,34-/m0/s1. The lowest BCUT2D eigenvalue weighted by Crippen LogP contribution is -2.57. The SMILES string of the molecule is CC[C@H](C)[C@@H](C(=O)N[C@@H](Cc1ccccc1)[C@H](O)CN(CC(C)C)S(=O)(=O)c1ccc(/C=N/O)cc1)N1CCN(Cc2csc(COC)n2)C1=O. The number of rotatable bonds is 19. The summed E-state index contributed by atoms with van der Waals surface area (Å²) in [4.78, 5) is 35.9. The van der Waals surface area contributed by atoms with Crippen molar-refractivity contribution in [2.24, 2.45) is 17.0 Å². The number of nitrogens with one attached hydrogen (secondary N) is 1. The van der Waals surface area contributed by atoms with Crippen molar-refractivity contribution in [1.29, 1.82) is 0 Å². The molecule has 13 nitrogen and oxygen atoms in total. The number of hydrogen-bond acceptors (Lipinski definition) is 10. The van der Waals surface area contributed by atoms with Crippen molar-refractivity contribution in [3.05, 3.63) is 81.8 Å². The topological polar surface area (TPSA) is 165 Å². The van der Waals surface area contributed by atoms with Gasteiger partial charge in [-0.25, -0.2) is 18.2 Å². The first-order valence-electron chi connectivity index (χ1n) is 17.2. The number of thiazole rings is 1. The second-order valence-electron chi connectivity index (χ2n) is 13.3. The van der Waals surface area contributed by atoms with Crippen LogP contribution in [-0.2, 0) is 39.1 Å². The van der Waals surface area contributed by atoms with Gasteiger partial charge in [0.25, 0.3) is 0 Å². The maximum atomic E-state index is 14.3. The van der Waals surface area contributed by atoms with Crippen LogP contribution in [-0.4, -0.2) is 107 Å². The number of aliphatic hydroxyl groups excluding tert-OH is 1. The highest BCUT2D eigenvalue weighted by Crippen LogP contribution is 2.24. The van der Waals surface area contributed by atoms with Crippen molar-refractivity contribution >= 4 is 39.5 Å². The summed E-state index contributed by atoms with van der Waals surface area (Å²) in [7, 11) is -2.46. The van der Waals surface area contributed by atoms with E-state index >= 15 is 0 Å². The van der Waals surface area contributed by atoms with E-state index in [0.29, 0.717) is 38.2 Å². The molecule has 15 heteroatoms. The molecule has 2 aromatic carbocycles. The number of amides is 3. The van der Waals surface area contributed by atoms with Gasteiger partial charge in [-0.1, -0.05) is 81.7 Å². The van der Waals surface area contributed by atoms with Crippen LogP contribution in [0.15, 0.2) is 70.0 Å². The van der Waals surface area contributed by atoms with Gasteiger partial charge in [0.2, 0.25) is 15.9 Å². The first kappa shape index (κ1) is 39.9. The predicted octanol–water partition coefficient (Wildman–Crippen LogP) is 4.19. The number of nitrogens with zero attached hydrogens (tertiary/aromatic N) is 5. The minimum absolute atomic E-state index is 0.0237. The lowest BCUT2D eigenvalue weighted by Gasteiger charge is -2.35.